The molecule has 0 radical (unpaired) electrons. The van der Waals surface area contributed by atoms with Crippen molar-refractivity contribution in [2.24, 2.45) is 28.6 Å². The van der Waals surface area contributed by atoms with E-state index in [-0.39, 0.29) is 34.0 Å². The van der Waals surface area contributed by atoms with Gasteiger partial charge >= 0.3 is 6.18 Å². The minimum absolute atomic E-state index is 0.0232. The summed E-state index contributed by atoms with van der Waals surface area (Å²) in [4.78, 5) is 27.3. The normalized spacial score (nSPS) is 37.0. The SMILES string of the molecule is C=C(C)[C@H]1C(=O)c2c3c(cc4c5c(n1c24)[C@@]1(C)[C@@H](CC[C@H]2[C@](C)(/C=C/C=C(\C)C(=O)NCC(F)(F)F)[C@@H](O)CC[C@@]21C)C5)C1=CC(C)(C)OC(C)(C)[C@H]1[C@@H]3O. The van der Waals surface area contributed by atoms with Crippen molar-refractivity contribution in [1.29, 1.82) is 0 Å². The van der Waals surface area contributed by atoms with Gasteiger partial charge in [-0.2, -0.15) is 13.2 Å². The van der Waals surface area contributed by atoms with E-state index in [1.807, 2.05) is 46.0 Å². The number of ketones is 1. The molecule has 10 heteroatoms. The minimum Gasteiger partial charge on any atom is -0.392 e. The number of hydrogen-bond acceptors (Lipinski definition) is 5. The van der Waals surface area contributed by atoms with Gasteiger partial charge < -0.3 is 24.8 Å². The van der Waals surface area contributed by atoms with E-state index in [1.165, 1.54) is 24.3 Å². The molecule has 4 aliphatic carbocycles. The van der Waals surface area contributed by atoms with E-state index in [1.54, 1.807) is 6.08 Å². The highest BCUT2D eigenvalue weighted by molar-refractivity contribution is 6.18. The maximum Gasteiger partial charge on any atom is 0.405 e. The highest BCUT2D eigenvalue weighted by Gasteiger charge is 2.68. The van der Waals surface area contributed by atoms with E-state index in [9.17, 15) is 33.0 Å². The maximum atomic E-state index is 14.9. The molecule has 0 unspecified atom stereocenters. The largest absolute Gasteiger partial charge is 0.405 e. The Labute approximate surface area is 321 Å². The summed E-state index contributed by atoms with van der Waals surface area (Å²) in [7, 11) is 0. The lowest BCUT2D eigenvalue weighted by Crippen LogP contribution is -2.62. The van der Waals surface area contributed by atoms with Crippen LogP contribution in [0.1, 0.15) is 133 Å². The number of ether oxygens (including phenoxy) is 1. The molecule has 7 nitrogen and oxygen atoms in total. The van der Waals surface area contributed by atoms with Gasteiger partial charge in [-0.25, -0.2) is 0 Å². The number of hydrogen-bond donors (Lipinski definition) is 3. The number of aromatic nitrogens is 1. The summed E-state index contributed by atoms with van der Waals surface area (Å²) in [6.45, 7) is 21.3. The number of amides is 1. The number of halogens is 3. The Hall–Kier alpha value is -3.47. The average Bonchev–Trinajstić information content (AvgIpc) is 3.74. The van der Waals surface area contributed by atoms with E-state index >= 15 is 0 Å². The number of aliphatic hydroxyl groups is 2. The van der Waals surface area contributed by atoms with Crippen LogP contribution in [0.25, 0.3) is 16.5 Å². The van der Waals surface area contributed by atoms with Crippen molar-refractivity contribution in [3.8, 4) is 0 Å². The van der Waals surface area contributed by atoms with Crippen molar-refractivity contribution in [3.63, 3.8) is 0 Å². The van der Waals surface area contributed by atoms with Crippen LogP contribution in [-0.4, -0.2) is 56.5 Å². The van der Waals surface area contributed by atoms with Crippen LogP contribution in [0.2, 0.25) is 0 Å². The molecule has 2 saturated carbocycles. The van der Waals surface area contributed by atoms with Gasteiger partial charge in [0.05, 0.1) is 34.5 Å². The van der Waals surface area contributed by atoms with Crippen molar-refractivity contribution < 1.29 is 37.7 Å². The molecule has 0 bridgehead atoms. The van der Waals surface area contributed by atoms with Crippen LogP contribution in [-0.2, 0) is 21.4 Å². The molecule has 2 aliphatic heterocycles. The van der Waals surface area contributed by atoms with Crippen LogP contribution in [0.15, 0.2) is 48.1 Å². The number of nitrogens with zero attached hydrogens (tertiary/aromatic N) is 1. The van der Waals surface area contributed by atoms with Gasteiger partial charge in [0.2, 0.25) is 5.91 Å². The molecule has 8 rings (SSSR count). The molecule has 2 aromatic rings. The van der Waals surface area contributed by atoms with E-state index < -0.39 is 53.5 Å². The van der Waals surface area contributed by atoms with Crippen molar-refractivity contribution in [1.82, 2.24) is 9.88 Å². The molecule has 1 amide bonds. The Morgan fingerprint density at radius 1 is 1.09 bits per heavy atom. The van der Waals surface area contributed by atoms with E-state index in [2.05, 4.69) is 44.1 Å². The van der Waals surface area contributed by atoms with E-state index in [0.717, 1.165) is 53.3 Å². The molecule has 296 valence electrons. The monoisotopic (exact) mass is 760 g/mol. The molecule has 1 aromatic heterocycles. The summed E-state index contributed by atoms with van der Waals surface area (Å²) < 4.78 is 47.0. The zero-order valence-corrected chi connectivity index (χ0v) is 33.5. The Morgan fingerprint density at radius 2 is 1.78 bits per heavy atom. The third-order valence-electron chi connectivity index (χ3n) is 15.2. The molecular weight excluding hydrogens is 705 g/mol. The zero-order chi connectivity index (χ0) is 40.2. The van der Waals surface area contributed by atoms with Gasteiger partial charge in [0.15, 0.2) is 5.78 Å². The average molecular weight is 761 g/mol. The lowest BCUT2D eigenvalue weighted by molar-refractivity contribution is -0.144. The third kappa shape index (κ3) is 5.12. The number of benzene rings is 1. The Kier molecular flexibility index (Phi) is 8.23. The number of rotatable bonds is 5. The Balaban J connectivity index is 1.27. The van der Waals surface area contributed by atoms with Crippen LogP contribution >= 0.6 is 0 Å². The second-order valence-electron chi connectivity index (χ2n) is 19.3. The van der Waals surface area contributed by atoms with Crippen LogP contribution in [0, 0.1) is 28.6 Å². The number of fused-ring (bicyclic) bond motifs is 11. The fourth-order valence-electron chi connectivity index (χ4n) is 12.9. The number of nitrogens with one attached hydrogen (secondary N) is 1. The van der Waals surface area contributed by atoms with Gasteiger partial charge in [-0.3, -0.25) is 9.59 Å². The Morgan fingerprint density at radius 3 is 2.44 bits per heavy atom. The first-order valence-corrected chi connectivity index (χ1v) is 19.8. The first-order valence-electron chi connectivity index (χ1n) is 19.8. The van der Waals surface area contributed by atoms with Crippen LogP contribution < -0.4 is 5.32 Å². The number of Topliss-reactive ketones (excluding diaryl/α,β-unsaturated/α-hetero) is 1. The van der Waals surface area contributed by atoms with Crippen LogP contribution in [0.3, 0.4) is 0 Å². The van der Waals surface area contributed by atoms with Crippen LogP contribution in [0.5, 0.6) is 0 Å². The first-order chi connectivity index (χ1) is 25.4. The van der Waals surface area contributed by atoms with Crippen molar-refractivity contribution in [2.75, 3.05) is 6.54 Å². The molecule has 0 spiro atoms. The highest BCUT2D eigenvalue weighted by Crippen LogP contribution is 2.71. The maximum absolute atomic E-state index is 14.9. The van der Waals surface area contributed by atoms with Gasteiger partial charge in [-0.05, 0) is 120 Å². The summed E-state index contributed by atoms with van der Waals surface area (Å²) in [6.07, 6.45) is 5.25. The molecule has 9 atom stereocenters. The standard InChI is InChI=1S/C45H55F3N2O5/c1-22(2)34-37(53)32-31-25(28-20-40(4,5)55-41(6,7)33(28)36(31)52)19-26-27-18-24-13-14-29-42(8,16-11-12-23(3)39(54)49-21-45(46,47)48)30(51)15-17-43(29,9)44(24,10)38(27)50(34)35(26)32/h11-12,16,19-20,24,29-30,33-34,36,51-52H,1,13-15,17-18,21H2,2-10H3,(H,49,54)/b16-11+,23-12+/t24-,29-,30-,33+,34-,36+,42-,43-,44+/m0/s1. The van der Waals surface area contributed by atoms with Gasteiger partial charge in [0, 0.05) is 39.0 Å². The molecule has 1 aromatic carbocycles. The van der Waals surface area contributed by atoms with Gasteiger partial charge in [-0.15, -0.1) is 0 Å². The predicted octanol–water partition coefficient (Wildman–Crippen LogP) is 8.78. The first kappa shape index (κ1) is 38.4. The predicted molar refractivity (Wildman–Crippen MR) is 206 cm³/mol. The molecule has 6 aliphatic rings. The van der Waals surface area contributed by atoms with E-state index in [4.69, 9.17) is 4.74 Å². The molecule has 3 N–H and O–H groups in total. The summed E-state index contributed by atoms with van der Waals surface area (Å²) >= 11 is 0. The lowest BCUT2D eigenvalue weighted by Gasteiger charge is -2.64. The summed E-state index contributed by atoms with van der Waals surface area (Å²) in [5, 5.41) is 26.9. The molecule has 55 heavy (non-hydrogen) atoms. The molecule has 2 fully saturated rings. The zero-order valence-electron chi connectivity index (χ0n) is 33.5. The number of alkyl halides is 3. The summed E-state index contributed by atoms with van der Waals surface area (Å²) in [5.74, 6) is -0.812. The Bertz CT molecular complexity index is 2170. The minimum atomic E-state index is -4.50. The number of carbonyl (C=O) groups excluding carboxylic acids is 2. The molecule has 0 saturated heterocycles. The second kappa shape index (κ2) is 11.8. The summed E-state index contributed by atoms with van der Waals surface area (Å²) in [6, 6.07) is 1.65. The van der Waals surface area contributed by atoms with Crippen molar-refractivity contribution in [3.05, 3.63) is 76.0 Å². The number of aliphatic hydroxyl groups excluding tert-OH is 2. The molecule has 3 heterocycles. The van der Waals surface area contributed by atoms with Crippen molar-refractivity contribution >= 4 is 28.2 Å². The van der Waals surface area contributed by atoms with Crippen molar-refractivity contribution in [2.45, 2.75) is 135 Å². The topological polar surface area (TPSA) is 101 Å². The smallest absolute Gasteiger partial charge is 0.392 e. The van der Waals surface area contributed by atoms with Gasteiger partial charge in [0.1, 0.15) is 12.6 Å². The third-order valence-corrected chi connectivity index (χ3v) is 15.2. The van der Waals surface area contributed by atoms with Crippen LogP contribution in [0.4, 0.5) is 13.2 Å². The number of carbonyl (C=O) groups is 2. The molecular formula is C45H55F3N2O5. The summed E-state index contributed by atoms with van der Waals surface area (Å²) in [5.41, 5.74) is 4.92. The fraction of sp³-hybridized carbons (Fsp3) is 0.600. The van der Waals surface area contributed by atoms with Gasteiger partial charge in [0.25, 0.3) is 0 Å². The number of allylic oxidation sites excluding steroid dienone is 3. The van der Waals surface area contributed by atoms with Gasteiger partial charge in [-0.1, -0.05) is 51.2 Å². The fourth-order valence-corrected chi connectivity index (χ4v) is 12.9. The van der Waals surface area contributed by atoms with E-state index in [0.29, 0.717) is 23.5 Å². The second-order valence-corrected chi connectivity index (χ2v) is 19.3. The quantitative estimate of drug-likeness (QED) is 0.161. The lowest BCUT2D eigenvalue weighted by atomic mass is 9.40. The highest BCUT2D eigenvalue weighted by atomic mass is 19.4.